The summed E-state index contributed by atoms with van der Waals surface area (Å²) in [6, 6.07) is 0.517. The van der Waals surface area contributed by atoms with Gasteiger partial charge in [-0.1, -0.05) is 0 Å². The Labute approximate surface area is 89.4 Å². The van der Waals surface area contributed by atoms with Crippen molar-refractivity contribution >= 4 is 18.3 Å². The van der Waals surface area contributed by atoms with E-state index in [9.17, 15) is 4.79 Å². The number of nitrogens with zero attached hydrogens (tertiary/aromatic N) is 1. The average molecular weight is 219 g/mol. The van der Waals surface area contributed by atoms with Crippen molar-refractivity contribution in [2.24, 2.45) is 11.8 Å². The molecule has 1 saturated carbocycles. The Morgan fingerprint density at radius 3 is 2.71 bits per heavy atom. The Hall–Kier alpha value is -0.320. The van der Waals surface area contributed by atoms with Crippen LogP contribution in [0.5, 0.6) is 0 Å². The molecule has 5 heteroatoms. The van der Waals surface area contributed by atoms with Crippen molar-refractivity contribution in [1.82, 2.24) is 10.2 Å². The third-order valence-corrected chi connectivity index (χ3v) is 3.39. The van der Waals surface area contributed by atoms with Gasteiger partial charge >= 0.3 is 0 Å². The molecule has 4 nitrogen and oxygen atoms in total. The molecule has 0 aromatic carbocycles. The van der Waals surface area contributed by atoms with Crippen molar-refractivity contribution in [1.29, 1.82) is 0 Å². The van der Waals surface area contributed by atoms with E-state index in [-0.39, 0.29) is 18.3 Å². The van der Waals surface area contributed by atoms with E-state index in [2.05, 4.69) is 5.32 Å². The van der Waals surface area contributed by atoms with Crippen LogP contribution in [-0.4, -0.2) is 49.7 Å². The standard InChI is InChI=1S/C9H14N2O2.ClH/c12-8-3-10-1-2-11(8)9-6-4-13-5-7(6)9;/h6-7,9-10H,1-5H2;1H/t6-,7-;/m0./s1. The van der Waals surface area contributed by atoms with Crippen molar-refractivity contribution in [2.45, 2.75) is 6.04 Å². The van der Waals surface area contributed by atoms with E-state index in [1.165, 1.54) is 0 Å². The second kappa shape index (κ2) is 3.68. The quantitative estimate of drug-likeness (QED) is 0.645. The number of nitrogens with one attached hydrogen (secondary N) is 1. The first-order valence-electron chi connectivity index (χ1n) is 4.96. The molecule has 0 aromatic heterocycles. The summed E-state index contributed by atoms with van der Waals surface area (Å²) in [5.41, 5.74) is 0. The summed E-state index contributed by atoms with van der Waals surface area (Å²) < 4.78 is 5.31. The zero-order valence-electron chi connectivity index (χ0n) is 7.94. The number of hydrogen-bond acceptors (Lipinski definition) is 3. The van der Waals surface area contributed by atoms with Crippen molar-refractivity contribution in [2.75, 3.05) is 32.8 Å². The van der Waals surface area contributed by atoms with Crippen LogP contribution in [0.4, 0.5) is 0 Å². The maximum absolute atomic E-state index is 11.5. The summed E-state index contributed by atoms with van der Waals surface area (Å²) in [5.74, 6) is 1.58. The predicted octanol–water partition coefficient (Wildman–Crippen LogP) is -0.515. The van der Waals surface area contributed by atoms with Crippen LogP contribution < -0.4 is 5.32 Å². The summed E-state index contributed by atoms with van der Waals surface area (Å²) >= 11 is 0. The zero-order chi connectivity index (χ0) is 8.84. The van der Waals surface area contributed by atoms with Gasteiger partial charge in [-0.15, -0.1) is 12.4 Å². The van der Waals surface area contributed by atoms with Gasteiger partial charge in [0.05, 0.1) is 19.8 Å². The van der Waals surface area contributed by atoms with E-state index < -0.39 is 0 Å². The number of fused-ring (bicyclic) bond motifs is 1. The molecule has 2 heterocycles. The van der Waals surface area contributed by atoms with Crippen LogP contribution in [0, 0.1) is 11.8 Å². The number of amides is 1. The summed E-state index contributed by atoms with van der Waals surface area (Å²) in [5, 5.41) is 3.09. The van der Waals surface area contributed by atoms with Crippen LogP contribution in [0.25, 0.3) is 0 Å². The molecule has 1 N–H and O–H groups in total. The van der Waals surface area contributed by atoms with Crippen LogP contribution in [-0.2, 0) is 9.53 Å². The molecule has 3 fully saturated rings. The first-order valence-corrected chi connectivity index (χ1v) is 4.96. The molecule has 80 valence electrons. The van der Waals surface area contributed by atoms with Crippen molar-refractivity contribution in [3.8, 4) is 0 Å². The summed E-state index contributed by atoms with van der Waals surface area (Å²) in [6.07, 6.45) is 0. The van der Waals surface area contributed by atoms with Gasteiger partial charge in [0.1, 0.15) is 0 Å². The maximum Gasteiger partial charge on any atom is 0.236 e. The highest BCUT2D eigenvalue weighted by Crippen LogP contribution is 2.47. The molecular formula is C9H15ClN2O2. The molecule has 0 bridgehead atoms. The molecule has 0 radical (unpaired) electrons. The van der Waals surface area contributed by atoms with Gasteiger partial charge in [-0.3, -0.25) is 4.79 Å². The van der Waals surface area contributed by atoms with Crippen LogP contribution in [0.2, 0.25) is 0 Å². The summed E-state index contributed by atoms with van der Waals surface area (Å²) in [7, 11) is 0. The molecule has 0 unspecified atom stereocenters. The molecule has 2 saturated heterocycles. The fourth-order valence-corrected chi connectivity index (χ4v) is 2.61. The molecule has 0 spiro atoms. The number of carbonyl (C=O) groups excluding carboxylic acids is 1. The van der Waals surface area contributed by atoms with E-state index >= 15 is 0 Å². The Bertz CT molecular complexity index is 239. The molecule has 1 amide bonds. The van der Waals surface area contributed by atoms with E-state index in [0.29, 0.717) is 24.4 Å². The van der Waals surface area contributed by atoms with Crippen molar-refractivity contribution in [3.05, 3.63) is 0 Å². The van der Waals surface area contributed by atoms with Gasteiger partial charge in [-0.25, -0.2) is 0 Å². The number of carbonyl (C=O) groups is 1. The smallest absolute Gasteiger partial charge is 0.236 e. The van der Waals surface area contributed by atoms with E-state index in [1.807, 2.05) is 4.90 Å². The molecule has 14 heavy (non-hydrogen) atoms. The Morgan fingerprint density at radius 2 is 2.07 bits per heavy atom. The molecule has 3 aliphatic rings. The van der Waals surface area contributed by atoms with Gasteiger partial charge in [0.15, 0.2) is 0 Å². The molecule has 0 aromatic rings. The lowest BCUT2D eigenvalue weighted by atomic mass is 10.3. The highest BCUT2D eigenvalue weighted by molar-refractivity contribution is 5.85. The van der Waals surface area contributed by atoms with Gasteiger partial charge in [-0.05, 0) is 0 Å². The number of rotatable bonds is 1. The Balaban J connectivity index is 0.000000750. The number of hydrogen-bond donors (Lipinski definition) is 1. The van der Waals surface area contributed by atoms with Gasteiger partial charge in [0, 0.05) is 31.0 Å². The molecular weight excluding hydrogens is 204 g/mol. The highest BCUT2D eigenvalue weighted by atomic mass is 35.5. The van der Waals surface area contributed by atoms with E-state index in [0.717, 1.165) is 26.3 Å². The van der Waals surface area contributed by atoms with Gasteiger partial charge in [0.2, 0.25) is 5.91 Å². The molecule has 2 aliphatic heterocycles. The second-order valence-corrected chi connectivity index (χ2v) is 4.12. The minimum Gasteiger partial charge on any atom is -0.381 e. The summed E-state index contributed by atoms with van der Waals surface area (Å²) in [6.45, 7) is 4.09. The average Bonchev–Trinajstić information content (AvgIpc) is 2.61. The minimum atomic E-state index is 0. The lowest BCUT2D eigenvalue weighted by Gasteiger charge is -2.29. The Kier molecular flexibility index (Phi) is 2.68. The first-order chi connectivity index (χ1) is 6.38. The van der Waals surface area contributed by atoms with E-state index in [4.69, 9.17) is 4.74 Å². The lowest BCUT2D eigenvalue weighted by molar-refractivity contribution is -0.133. The fourth-order valence-electron chi connectivity index (χ4n) is 2.61. The number of ether oxygens (including phenoxy) is 1. The largest absolute Gasteiger partial charge is 0.381 e. The number of halogens is 1. The molecule has 3 rings (SSSR count). The first kappa shape index (κ1) is 10.2. The lowest BCUT2D eigenvalue weighted by Crippen LogP contribution is -2.50. The third-order valence-electron chi connectivity index (χ3n) is 3.39. The van der Waals surface area contributed by atoms with Crippen LogP contribution in [0.15, 0.2) is 0 Å². The molecule has 2 atom stereocenters. The van der Waals surface area contributed by atoms with E-state index in [1.54, 1.807) is 0 Å². The predicted molar refractivity (Wildman–Crippen MR) is 53.4 cm³/mol. The maximum atomic E-state index is 11.5. The minimum absolute atomic E-state index is 0. The SMILES string of the molecule is Cl.O=C1CNCCN1C1[C@H]2COC[C@H]12. The normalized spacial score (nSPS) is 40.4. The highest BCUT2D eigenvalue weighted by Gasteiger charge is 2.58. The monoisotopic (exact) mass is 218 g/mol. The van der Waals surface area contributed by atoms with Crippen molar-refractivity contribution < 1.29 is 9.53 Å². The topological polar surface area (TPSA) is 41.6 Å². The number of piperazine rings is 1. The van der Waals surface area contributed by atoms with Crippen LogP contribution in [0.1, 0.15) is 0 Å². The van der Waals surface area contributed by atoms with Gasteiger partial charge in [0.25, 0.3) is 0 Å². The van der Waals surface area contributed by atoms with Gasteiger partial charge < -0.3 is 15.0 Å². The fraction of sp³-hybridized carbons (Fsp3) is 0.889. The second-order valence-electron chi connectivity index (χ2n) is 4.12. The third kappa shape index (κ3) is 1.42. The van der Waals surface area contributed by atoms with Crippen LogP contribution >= 0.6 is 12.4 Å². The molecule has 1 aliphatic carbocycles. The van der Waals surface area contributed by atoms with Gasteiger partial charge in [-0.2, -0.15) is 0 Å². The van der Waals surface area contributed by atoms with Crippen molar-refractivity contribution in [3.63, 3.8) is 0 Å². The zero-order valence-corrected chi connectivity index (χ0v) is 8.76. The van der Waals surface area contributed by atoms with Crippen LogP contribution in [0.3, 0.4) is 0 Å². The summed E-state index contributed by atoms with van der Waals surface area (Å²) in [4.78, 5) is 13.6. The Morgan fingerprint density at radius 1 is 1.36 bits per heavy atom.